The maximum Gasteiger partial charge on any atom is 0.253 e. The van der Waals surface area contributed by atoms with Crippen molar-refractivity contribution in [2.75, 3.05) is 26.2 Å². The van der Waals surface area contributed by atoms with Gasteiger partial charge in [0.2, 0.25) is 0 Å². The SMILES string of the molecule is CCOc1ccc(C(=O)N(CCCN)CC(C)Cc2oc3cc(C#N)ccc3c(=O)c2Cc2ccccc2)cc1. The molecule has 1 amide bonds. The van der Waals surface area contributed by atoms with Crippen molar-refractivity contribution in [1.82, 2.24) is 4.90 Å². The lowest BCUT2D eigenvalue weighted by molar-refractivity contribution is 0.0729. The summed E-state index contributed by atoms with van der Waals surface area (Å²) >= 11 is 0. The smallest absolute Gasteiger partial charge is 0.253 e. The van der Waals surface area contributed by atoms with Crippen molar-refractivity contribution in [3.05, 3.63) is 111 Å². The topological polar surface area (TPSA) is 110 Å². The first-order valence-corrected chi connectivity index (χ1v) is 13.7. The zero-order valence-corrected chi connectivity index (χ0v) is 23.1. The molecular weight excluding hydrogens is 502 g/mol. The minimum Gasteiger partial charge on any atom is -0.494 e. The molecule has 0 aliphatic heterocycles. The van der Waals surface area contributed by atoms with Crippen LogP contribution in [0.25, 0.3) is 11.0 Å². The molecule has 0 aliphatic rings. The van der Waals surface area contributed by atoms with Crippen LogP contribution in [0.4, 0.5) is 0 Å². The summed E-state index contributed by atoms with van der Waals surface area (Å²) in [6.07, 6.45) is 1.57. The first-order valence-electron chi connectivity index (χ1n) is 13.7. The van der Waals surface area contributed by atoms with Crippen molar-refractivity contribution in [2.45, 2.75) is 33.1 Å². The average molecular weight is 538 g/mol. The number of ether oxygens (including phenoxy) is 1. The molecule has 4 rings (SSSR count). The molecule has 40 heavy (non-hydrogen) atoms. The molecular formula is C33H35N3O4. The molecule has 0 fully saturated rings. The van der Waals surface area contributed by atoms with Gasteiger partial charge >= 0.3 is 0 Å². The molecule has 0 aliphatic carbocycles. The van der Waals surface area contributed by atoms with Crippen LogP contribution in [-0.2, 0) is 12.8 Å². The van der Waals surface area contributed by atoms with Gasteiger partial charge in [0.05, 0.1) is 23.6 Å². The minimum absolute atomic E-state index is 0.0151. The highest BCUT2D eigenvalue weighted by Crippen LogP contribution is 2.23. The summed E-state index contributed by atoms with van der Waals surface area (Å²) in [5.41, 5.74) is 8.70. The highest BCUT2D eigenvalue weighted by Gasteiger charge is 2.22. The predicted octanol–water partition coefficient (Wildman–Crippen LogP) is 5.32. The molecule has 0 saturated heterocycles. The molecule has 4 aromatic rings. The second-order valence-corrected chi connectivity index (χ2v) is 9.98. The molecule has 0 spiro atoms. The molecule has 206 valence electrons. The highest BCUT2D eigenvalue weighted by molar-refractivity contribution is 5.94. The van der Waals surface area contributed by atoms with E-state index in [9.17, 15) is 14.9 Å². The van der Waals surface area contributed by atoms with Crippen LogP contribution in [0.15, 0.2) is 82.0 Å². The fraction of sp³-hybridized carbons (Fsp3) is 0.303. The summed E-state index contributed by atoms with van der Waals surface area (Å²) in [6, 6.07) is 24.0. The van der Waals surface area contributed by atoms with Crippen LogP contribution in [0.5, 0.6) is 5.75 Å². The van der Waals surface area contributed by atoms with Crippen LogP contribution in [-0.4, -0.2) is 37.0 Å². The average Bonchev–Trinajstić information content (AvgIpc) is 2.97. The maximum atomic E-state index is 13.6. The summed E-state index contributed by atoms with van der Waals surface area (Å²) in [7, 11) is 0. The van der Waals surface area contributed by atoms with Gasteiger partial charge in [0.1, 0.15) is 17.1 Å². The molecule has 7 heteroatoms. The number of fused-ring (bicyclic) bond motifs is 1. The lowest BCUT2D eigenvalue weighted by atomic mass is 9.96. The second kappa shape index (κ2) is 13.6. The number of rotatable bonds is 12. The van der Waals surface area contributed by atoms with E-state index < -0.39 is 0 Å². The van der Waals surface area contributed by atoms with E-state index in [1.165, 1.54) is 0 Å². The van der Waals surface area contributed by atoms with Crippen molar-refractivity contribution in [3.8, 4) is 11.8 Å². The first kappa shape index (κ1) is 28.6. The largest absolute Gasteiger partial charge is 0.494 e. The lowest BCUT2D eigenvalue weighted by Crippen LogP contribution is -2.37. The van der Waals surface area contributed by atoms with E-state index in [0.29, 0.717) is 78.9 Å². The van der Waals surface area contributed by atoms with Gasteiger partial charge in [0.15, 0.2) is 5.43 Å². The third-order valence-corrected chi connectivity index (χ3v) is 6.82. The molecule has 7 nitrogen and oxygen atoms in total. The van der Waals surface area contributed by atoms with Crippen LogP contribution in [0, 0.1) is 17.2 Å². The van der Waals surface area contributed by atoms with Gasteiger partial charge in [0, 0.05) is 37.1 Å². The summed E-state index contributed by atoms with van der Waals surface area (Å²) in [6.45, 7) is 5.99. The van der Waals surface area contributed by atoms with Crippen molar-refractivity contribution < 1.29 is 13.9 Å². The fourth-order valence-electron chi connectivity index (χ4n) is 4.85. The first-order chi connectivity index (χ1) is 19.4. The molecule has 2 N–H and O–H groups in total. The number of carbonyl (C=O) groups is 1. The van der Waals surface area contributed by atoms with Gasteiger partial charge in [-0.3, -0.25) is 9.59 Å². The predicted molar refractivity (Wildman–Crippen MR) is 157 cm³/mol. The molecule has 0 radical (unpaired) electrons. The Labute approximate surface area is 234 Å². The number of hydrogen-bond acceptors (Lipinski definition) is 6. The Kier molecular flexibility index (Phi) is 9.71. The van der Waals surface area contributed by atoms with Crippen LogP contribution < -0.4 is 15.9 Å². The number of hydrogen-bond donors (Lipinski definition) is 1. The van der Waals surface area contributed by atoms with E-state index in [-0.39, 0.29) is 17.3 Å². The zero-order chi connectivity index (χ0) is 28.5. The normalized spacial score (nSPS) is 11.7. The van der Waals surface area contributed by atoms with Crippen LogP contribution >= 0.6 is 0 Å². The number of carbonyl (C=O) groups excluding carboxylic acids is 1. The van der Waals surface area contributed by atoms with E-state index in [0.717, 1.165) is 11.3 Å². The van der Waals surface area contributed by atoms with E-state index in [4.69, 9.17) is 14.9 Å². The Balaban J connectivity index is 1.63. The van der Waals surface area contributed by atoms with E-state index in [1.54, 1.807) is 42.5 Å². The third-order valence-electron chi connectivity index (χ3n) is 6.82. The Morgan fingerprint density at radius 1 is 1.10 bits per heavy atom. The molecule has 1 aromatic heterocycles. The standard InChI is InChI=1S/C33H35N3O4/c1-3-39-27-13-11-26(12-14-27)33(38)36(17-7-16-34)22-23(2)18-30-29(19-24-8-5-4-6-9-24)32(37)28-15-10-25(21-35)20-31(28)40-30/h4-6,8-15,20,23H,3,7,16-19,22,34H2,1-2H3. The molecule has 1 heterocycles. The van der Waals surface area contributed by atoms with Crippen LogP contribution in [0.3, 0.4) is 0 Å². The van der Waals surface area contributed by atoms with E-state index in [1.807, 2.05) is 49.1 Å². The highest BCUT2D eigenvalue weighted by atomic mass is 16.5. The monoisotopic (exact) mass is 537 g/mol. The Hall–Kier alpha value is -4.41. The third kappa shape index (κ3) is 6.96. The number of nitrogens with two attached hydrogens (primary N) is 1. The van der Waals surface area contributed by atoms with Crippen molar-refractivity contribution in [2.24, 2.45) is 11.7 Å². The van der Waals surface area contributed by atoms with Gasteiger partial charge in [0.25, 0.3) is 5.91 Å². The molecule has 1 unspecified atom stereocenters. The van der Waals surface area contributed by atoms with Crippen LogP contribution in [0.1, 0.15) is 53.1 Å². The van der Waals surface area contributed by atoms with Crippen LogP contribution in [0.2, 0.25) is 0 Å². The quantitative estimate of drug-likeness (QED) is 0.262. The van der Waals surface area contributed by atoms with Gasteiger partial charge in [-0.15, -0.1) is 0 Å². The number of amides is 1. The number of nitrogens with zero attached hydrogens (tertiary/aromatic N) is 2. The summed E-state index contributed by atoms with van der Waals surface area (Å²) in [5, 5.41) is 9.82. The van der Waals surface area contributed by atoms with Crippen molar-refractivity contribution >= 4 is 16.9 Å². The number of benzene rings is 3. The van der Waals surface area contributed by atoms with Crippen molar-refractivity contribution in [3.63, 3.8) is 0 Å². The molecule has 3 aromatic carbocycles. The summed E-state index contributed by atoms with van der Waals surface area (Å²) in [5.74, 6) is 1.21. The molecule has 0 saturated carbocycles. The Bertz CT molecular complexity index is 1540. The Morgan fingerprint density at radius 2 is 1.85 bits per heavy atom. The van der Waals surface area contributed by atoms with Gasteiger partial charge in [-0.05, 0) is 73.8 Å². The van der Waals surface area contributed by atoms with Gasteiger partial charge < -0.3 is 19.8 Å². The van der Waals surface area contributed by atoms with Crippen molar-refractivity contribution in [1.29, 1.82) is 5.26 Å². The maximum absolute atomic E-state index is 13.6. The number of nitriles is 1. The summed E-state index contributed by atoms with van der Waals surface area (Å²) in [4.78, 5) is 28.9. The fourth-order valence-corrected chi connectivity index (χ4v) is 4.85. The Morgan fingerprint density at radius 3 is 2.52 bits per heavy atom. The molecule has 0 bridgehead atoms. The lowest BCUT2D eigenvalue weighted by Gasteiger charge is -2.26. The van der Waals surface area contributed by atoms with Gasteiger partial charge in [-0.1, -0.05) is 37.3 Å². The zero-order valence-electron chi connectivity index (χ0n) is 23.1. The van der Waals surface area contributed by atoms with E-state index in [2.05, 4.69) is 6.07 Å². The van der Waals surface area contributed by atoms with Gasteiger partial charge in [-0.2, -0.15) is 5.26 Å². The molecule has 1 atom stereocenters. The second-order valence-electron chi connectivity index (χ2n) is 9.98. The minimum atomic E-state index is -0.0951. The van der Waals surface area contributed by atoms with E-state index >= 15 is 0 Å². The summed E-state index contributed by atoms with van der Waals surface area (Å²) < 4.78 is 11.8. The van der Waals surface area contributed by atoms with Gasteiger partial charge in [-0.25, -0.2) is 0 Å².